The predicted octanol–water partition coefficient (Wildman–Crippen LogP) is -1.84. The van der Waals surface area contributed by atoms with Gasteiger partial charge in [0.25, 0.3) is 0 Å². The van der Waals surface area contributed by atoms with Crippen LogP contribution in [0.25, 0.3) is 0 Å². The number of hydrogen-bond donors (Lipinski definition) is 4. The zero-order valence-electron chi connectivity index (χ0n) is 10.6. The maximum atomic E-state index is 11.6. The Morgan fingerprint density at radius 3 is 2.68 bits per heavy atom. The second-order valence-electron chi connectivity index (χ2n) is 4.30. The topological polar surface area (TPSA) is 194 Å². The maximum Gasteiger partial charge on any atom is 0.472 e. The van der Waals surface area contributed by atoms with Crippen LogP contribution < -0.4 is 11.2 Å². The van der Waals surface area contributed by atoms with Gasteiger partial charge in [-0.15, -0.1) is 0 Å². The quantitative estimate of drug-likeness (QED) is 0.275. The van der Waals surface area contributed by atoms with Crippen molar-refractivity contribution in [2.24, 2.45) is 0 Å². The van der Waals surface area contributed by atoms with Crippen LogP contribution in [0, 0.1) is 10.1 Å². The molecule has 3 atom stereocenters. The fraction of sp³-hybridized carbons (Fsp3) is 0.500. The van der Waals surface area contributed by atoms with E-state index in [-0.39, 0.29) is 6.42 Å². The first kappa shape index (κ1) is 16.5. The van der Waals surface area contributed by atoms with E-state index in [0.29, 0.717) is 10.8 Å². The molecule has 1 aliphatic rings. The Hall–Kier alpha value is -1.89. The van der Waals surface area contributed by atoms with E-state index in [1.807, 2.05) is 0 Å². The van der Waals surface area contributed by atoms with Crippen molar-refractivity contribution < 1.29 is 33.6 Å². The van der Waals surface area contributed by atoms with Crippen LogP contribution in [-0.2, 0) is 13.8 Å². The zero-order valence-corrected chi connectivity index (χ0v) is 11.5. The summed E-state index contributed by atoms with van der Waals surface area (Å²) in [7, 11) is -4.95. The first-order chi connectivity index (χ1) is 10.1. The molecule has 0 bridgehead atoms. The molecule has 14 heteroatoms. The number of nitrogens with zero attached hydrogens (tertiary/aromatic N) is 2. The number of nitrogens with one attached hydrogen (secondary N) is 1. The SMILES string of the molecule is O=c1[nH]c(=O)n([C@H]2C[C@H](O)[C@@H](OP(=O)(O)O)O2)cc1[N+](=O)[O-]. The van der Waals surface area contributed by atoms with Gasteiger partial charge in [-0.25, -0.2) is 9.36 Å². The van der Waals surface area contributed by atoms with Crippen molar-refractivity contribution >= 4 is 13.5 Å². The molecule has 1 aromatic rings. The minimum atomic E-state index is -4.95. The van der Waals surface area contributed by atoms with E-state index in [9.17, 15) is 29.4 Å². The maximum absolute atomic E-state index is 11.6. The predicted molar refractivity (Wildman–Crippen MR) is 65.6 cm³/mol. The monoisotopic (exact) mass is 339 g/mol. The van der Waals surface area contributed by atoms with Crippen LogP contribution in [0.1, 0.15) is 12.6 Å². The fourth-order valence-electron chi connectivity index (χ4n) is 1.85. The normalized spacial score (nSPS) is 25.3. The summed E-state index contributed by atoms with van der Waals surface area (Å²) in [6.45, 7) is 0. The Bertz CT molecular complexity index is 749. The van der Waals surface area contributed by atoms with E-state index >= 15 is 0 Å². The molecule has 0 saturated carbocycles. The largest absolute Gasteiger partial charge is 0.472 e. The van der Waals surface area contributed by atoms with Gasteiger partial charge in [-0.3, -0.25) is 29.0 Å². The second kappa shape index (κ2) is 5.72. The van der Waals surface area contributed by atoms with Gasteiger partial charge < -0.3 is 19.6 Å². The van der Waals surface area contributed by atoms with Crippen LogP contribution in [0.3, 0.4) is 0 Å². The molecule has 1 aromatic heterocycles. The highest BCUT2D eigenvalue weighted by Gasteiger charge is 2.40. The number of aliphatic hydroxyl groups is 1. The number of rotatable bonds is 4. The number of phosphoric acid groups is 1. The average molecular weight is 339 g/mol. The van der Waals surface area contributed by atoms with Crippen molar-refractivity contribution in [1.29, 1.82) is 0 Å². The molecular weight excluding hydrogens is 329 g/mol. The summed E-state index contributed by atoms with van der Waals surface area (Å²) in [5, 5.41) is 20.3. The van der Waals surface area contributed by atoms with Crippen LogP contribution in [-0.4, -0.2) is 41.8 Å². The molecule has 1 fully saturated rings. The second-order valence-corrected chi connectivity index (χ2v) is 5.49. The lowest BCUT2D eigenvalue weighted by Gasteiger charge is -2.16. The third-order valence-electron chi connectivity index (χ3n) is 2.75. The molecule has 122 valence electrons. The lowest BCUT2D eigenvalue weighted by molar-refractivity contribution is -0.387. The van der Waals surface area contributed by atoms with Crippen LogP contribution in [0.4, 0.5) is 5.69 Å². The number of aliphatic hydroxyl groups excluding tert-OH is 1. The molecule has 0 amide bonds. The number of nitro groups is 1. The molecule has 4 N–H and O–H groups in total. The van der Waals surface area contributed by atoms with Gasteiger partial charge in [0.1, 0.15) is 12.3 Å². The number of aromatic amines is 1. The Morgan fingerprint density at radius 1 is 1.50 bits per heavy atom. The number of aromatic nitrogens is 2. The van der Waals surface area contributed by atoms with E-state index in [2.05, 4.69) is 4.52 Å². The molecule has 1 saturated heterocycles. The van der Waals surface area contributed by atoms with Crippen LogP contribution >= 0.6 is 7.82 Å². The molecule has 0 aromatic carbocycles. The summed E-state index contributed by atoms with van der Waals surface area (Å²) >= 11 is 0. The summed E-state index contributed by atoms with van der Waals surface area (Å²) in [5.74, 6) is 0. The van der Waals surface area contributed by atoms with Gasteiger partial charge in [0, 0.05) is 6.42 Å². The molecule has 2 rings (SSSR count). The van der Waals surface area contributed by atoms with E-state index in [1.54, 1.807) is 4.98 Å². The van der Waals surface area contributed by atoms with Crippen molar-refractivity contribution in [3.63, 3.8) is 0 Å². The van der Waals surface area contributed by atoms with Crippen molar-refractivity contribution in [1.82, 2.24) is 9.55 Å². The van der Waals surface area contributed by atoms with E-state index < -0.39 is 48.3 Å². The smallest absolute Gasteiger partial charge is 0.388 e. The lowest BCUT2D eigenvalue weighted by atomic mass is 10.2. The van der Waals surface area contributed by atoms with E-state index in [1.165, 1.54) is 0 Å². The number of H-pyrrole nitrogens is 1. The van der Waals surface area contributed by atoms with Gasteiger partial charge in [0.15, 0.2) is 6.29 Å². The highest BCUT2D eigenvalue weighted by molar-refractivity contribution is 7.46. The summed E-state index contributed by atoms with van der Waals surface area (Å²) in [5.41, 5.74) is -3.20. The molecule has 0 aliphatic carbocycles. The van der Waals surface area contributed by atoms with E-state index in [4.69, 9.17) is 14.5 Å². The average Bonchev–Trinajstić information content (AvgIpc) is 2.67. The third-order valence-corrected chi connectivity index (χ3v) is 3.23. The number of hydrogen-bond acceptors (Lipinski definition) is 8. The van der Waals surface area contributed by atoms with Crippen LogP contribution in [0.5, 0.6) is 0 Å². The molecule has 0 unspecified atom stereocenters. The summed E-state index contributed by atoms with van der Waals surface area (Å²) in [6, 6.07) is 0. The van der Waals surface area contributed by atoms with Gasteiger partial charge >= 0.3 is 24.8 Å². The standard InChI is InChI=1S/C8H10N3O10P/c12-4-1-5(20-7(4)21-22(17,18)19)10-2-3(11(15)16)6(13)9-8(10)14/h2,4-5,7,12H,1H2,(H,9,13,14)(H2,17,18,19)/t4-,5+,7+/m0/s1. The first-order valence-electron chi connectivity index (χ1n) is 5.66. The molecule has 0 spiro atoms. The molecule has 22 heavy (non-hydrogen) atoms. The molecule has 13 nitrogen and oxygen atoms in total. The van der Waals surface area contributed by atoms with Crippen molar-refractivity contribution in [2.75, 3.05) is 0 Å². The van der Waals surface area contributed by atoms with Crippen molar-refractivity contribution in [3.05, 3.63) is 37.1 Å². The minimum Gasteiger partial charge on any atom is -0.388 e. The molecule has 0 radical (unpaired) electrons. The van der Waals surface area contributed by atoms with Crippen molar-refractivity contribution in [2.45, 2.75) is 25.0 Å². The van der Waals surface area contributed by atoms with Gasteiger partial charge in [-0.05, 0) is 0 Å². The van der Waals surface area contributed by atoms with Gasteiger partial charge in [0.05, 0.1) is 11.1 Å². The fourth-order valence-corrected chi connectivity index (χ4v) is 2.31. The van der Waals surface area contributed by atoms with Crippen LogP contribution in [0.15, 0.2) is 15.8 Å². The lowest BCUT2D eigenvalue weighted by Crippen LogP contribution is -2.33. The van der Waals surface area contributed by atoms with Crippen LogP contribution in [0.2, 0.25) is 0 Å². The van der Waals surface area contributed by atoms with Gasteiger partial charge in [-0.1, -0.05) is 0 Å². The first-order valence-corrected chi connectivity index (χ1v) is 7.19. The Morgan fingerprint density at radius 2 is 2.14 bits per heavy atom. The zero-order chi connectivity index (χ0) is 16.7. The molecular formula is C8H10N3O10P. The minimum absolute atomic E-state index is 0.340. The third kappa shape index (κ3) is 3.47. The highest BCUT2D eigenvalue weighted by atomic mass is 31.2. The number of ether oxygens (including phenoxy) is 1. The Kier molecular flexibility index (Phi) is 4.28. The molecule has 1 aliphatic heterocycles. The van der Waals surface area contributed by atoms with Gasteiger partial charge in [0.2, 0.25) is 0 Å². The highest BCUT2D eigenvalue weighted by Crippen LogP contribution is 2.42. The molecule has 2 heterocycles. The number of phosphoric ester groups is 1. The van der Waals surface area contributed by atoms with Crippen molar-refractivity contribution in [3.8, 4) is 0 Å². The summed E-state index contributed by atoms with van der Waals surface area (Å²) < 4.78 is 20.4. The van der Waals surface area contributed by atoms with E-state index in [0.717, 1.165) is 0 Å². The summed E-state index contributed by atoms with van der Waals surface area (Å²) in [4.78, 5) is 51.5. The Labute approximate surface area is 120 Å². The summed E-state index contributed by atoms with van der Waals surface area (Å²) in [6.07, 6.45) is -4.26. The Balaban J connectivity index is 2.32. The van der Waals surface area contributed by atoms with Gasteiger partial charge in [-0.2, -0.15) is 0 Å².